The van der Waals surface area contributed by atoms with Gasteiger partial charge in [-0.25, -0.2) is 0 Å². The normalized spacial score (nSPS) is 12.1. The standard InChI is InChI=1S/C31H29/c1-18-11-20(3)30(21(4)12-18)26-9-7-24-15-25-8-10-27(17-29(25)28(24)16-26)31-22(5)13-19(2)14-23(31)6/h7-17H,1-6H3. The summed E-state index contributed by atoms with van der Waals surface area (Å²) in [5, 5.41) is 0. The second-order valence-corrected chi connectivity index (χ2v) is 9.30. The minimum Gasteiger partial charge on any atom is -0.0571 e. The Hall–Kier alpha value is -3.12. The van der Waals surface area contributed by atoms with E-state index in [-0.39, 0.29) is 0 Å². The number of benzene rings is 4. The van der Waals surface area contributed by atoms with Gasteiger partial charge < -0.3 is 0 Å². The minimum atomic E-state index is 1.31. The van der Waals surface area contributed by atoms with E-state index in [4.69, 9.17) is 0 Å². The van der Waals surface area contributed by atoms with Crippen LogP contribution in [0.1, 0.15) is 44.5 Å². The lowest BCUT2D eigenvalue weighted by Crippen LogP contribution is -1.92. The molecule has 0 spiro atoms. The third-order valence-electron chi connectivity index (χ3n) is 6.64. The predicted octanol–water partition coefficient (Wildman–Crippen LogP) is 8.45. The maximum atomic E-state index is 2.39. The van der Waals surface area contributed by atoms with Crippen molar-refractivity contribution < 1.29 is 0 Å². The molecule has 153 valence electrons. The smallest absolute Gasteiger partial charge is 0.0211 e. The van der Waals surface area contributed by atoms with Gasteiger partial charge in [0.2, 0.25) is 0 Å². The summed E-state index contributed by atoms with van der Waals surface area (Å²) < 4.78 is 0. The zero-order chi connectivity index (χ0) is 21.9. The molecule has 0 heteroatoms. The van der Waals surface area contributed by atoms with Crippen molar-refractivity contribution in [3.05, 3.63) is 112 Å². The highest BCUT2D eigenvalue weighted by atomic mass is 14.2. The Morgan fingerprint density at radius 3 is 1.13 bits per heavy atom. The van der Waals surface area contributed by atoms with E-state index in [9.17, 15) is 0 Å². The van der Waals surface area contributed by atoms with Crippen LogP contribution in [0, 0.1) is 48.0 Å². The van der Waals surface area contributed by atoms with Crippen LogP contribution in [-0.2, 0) is 0 Å². The first-order valence-electron chi connectivity index (χ1n) is 11.1. The Morgan fingerprint density at radius 1 is 0.419 bits per heavy atom. The summed E-state index contributed by atoms with van der Waals surface area (Å²) in [6.07, 6.45) is 2.32. The van der Waals surface area contributed by atoms with Crippen LogP contribution in [0.2, 0.25) is 0 Å². The third kappa shape index (κ3) is 3.31. The minimum absolute atomic E-state index is 1.31. The van der Waals surface area contributed by atoms with Crippen LogP contribution in [0.4, 0.5) is 0 Å². The van der Waals surface area contributed by atoms with E-state index in [1.807, 2.05) is 0 Å². The molecular weight excluding hydrogens is 372 g/mol. The second kappa shape index (κ2) is 7.24. The molecule has 0 heterocycles. The highest BCUT2D eigenvalue weighted by Crippen LogP contribution is 2.43. The van der Waals surface area contributed by atoms with Crippen LogP contribution in [0.25, 0.3) is 33.4 Å². The average molecular weight is 402 g/mol. The van der Waals surface area contributed by atoms with E-state index in [1.54, 1.807) is 0 Å². The topological polar surface area (TPSA) is 0 Å². The highest BCUT2D eigenvalue weighted by molar-refractivity contribution is 5.88. The third-order valence-corrected chi connectivity index (χ3v) is 6.64. The zero-order valence-electron chi connectivity index (χ0n) is 19.4. The fourth-order valence-corrected chi connectivity index (χ4v) is 5.58. The van der Waals surface area contributed by atoms with E-state index >= 15 is 0 Å². The molecule has 5 rings (SSSR count). The van der Waals surface area contributed by atoms with Crippen molar-refractivity contribution in [3.63, 3.8) is 0 Å². The van der Waals surface area contributed by atoms with Crippen LogP contribution < -0.4 is 0 Å². The number of aryl methyl sites for hydroxylation is 6. The quantitative estimate of drug-likeness (QED) is 0.278. The molecule has 4 aromatic carbocycles. The first kappa shape index (κ1) is 19.8. The Morgan fingerprint density at radius 2 is 0.774 bits per heavy atom. The summed E-state index contributed by atoms with van der Waals surface area (Å²) in [6.45, 7) is 13.3. The molecule has 0 amide bonds. The summed E-state index contributed by atoms with van der Waals surface area (Å²) in [7, 11) is 0. The van der Waals surface area contributed by atoms with Crippen molar-refractivity contribution in [3.8, 4) is 33.4 Å². The molecule has 0 bridgehead atoms. The lowest BCUT2D eigenvalue weighted by atomic mass is 9.90. The summed E-state index contributed by atoms with van der Waals surface area (Å²) >= 11 is 0. The molecule has 1 aliphatic carbocycles. The van der Waals surface area contributed by atoms with Gasteiger partial charge in [-0.2, -0.15) is 0 Å². The second-order valence-electron chi connectivity index (χ2n) is 9.30. The van der Waals surface area contributed by atoms with Gasteiger partial charge in [0.25, 0.3) is 0 Å². The maximum absolute atomic E-state index is 2.39. The zero-order valence-corrected chi connectivity index (χ0v) is 19.4. The lowest BCUT2D eigenvalue weighted by Gasteiger charge is -2.15. The fourth-order valence-electron chi connectivity index (χ4n) is 5.58. The van der Waals surface area contributed by atoms with Gasteiger partial charge in [-0.15, -0.1) is 0 Å². The molecule has 0 fully saturated rings. The van der Waals surface area contributed by atoms with Crippen LogP contribution in [0.15, 0.2) is 60.7 Å². The lowest BCUT2D eigenvalue weighted by molar-refractivity contribution is 1.32. The summed E-state index contributed by atoms with van der Waals surface area (Å²) in [6, 6.07) is 23.1. The van der Waals surface area contributed by atoms with Crippen molar-refractivity contribution in [2.75, 3.05) is 0 Å². The van der Waals surface area contributed by atoms with Gasteiger partial charge >= 0.3 is 0 Å². The highest BCUT2D eigenvalue weighted by Gasteiger charge is 2.21. The maximum Gasteiger partial charge on any atom is 0.0211 e. The summed E-state index contributed by atoms with van der Waals surface area (Å²) in [5.74, 6) is 0. The van der Waals surface area contributed by atoms with Crippen LogP contribution in [0.5, 0.6) is 0 Å². The predicted molar refractivity (Wildman–Crippen MR) is 134 cm³/mol. The molecule has 0 aromatic heterocycles. The van der Waals surface area contributed by atoms with Gasteiger partial charge in [-0.1, -0.05) is 59.7 Å². The van der Waals surface area contributed by atoms with Gasteiger partial charge in [-0.05, 0) is 120 Å². The molecular formula is C31H29. The van der Waals surface area contributed by atoms with Crippen LogP contribution in [0.3, 0.4) is 0 Å². The SMILES string of the molecule is Cc1cc(C)c(-c2ccc3c(c2)-c2cc(-c4c(C)cc(C)cc4C)ccc2[CH]3)c(C)c1. The molecule has 0 N–H and O–H groups in total. The molecule has 4 aromatic rings. The van der Waals surface area contributed by atoms with Crippen molar-refractivity contribution in [2.24, 2.45) is 0 Å². The molecule has 0 unspecified atom stereocenters. The number of rotatable bonds is 2. The largest absolute Gasteiger partial charge is 0.0571 e. The molecule has 1 radical (unpaired) electrons. The number of hydrogen-bond donors (Lipinski definition) is 0. The first-order chi connectivity index (χ1) is 14.8. The monoisotopic (exact) mass is 401 g/mol. The molecule has 0 nitrogen and oxygen atoms in total. The molecule has 1 aliphatic rings. The molecule has 0 aliphatic heterocycles. The van der Waals surface area contributed by atoms with E-state index < -0.39 is 0 Å². The van der Waals surface area contributed by atoms with Crippen LogP contribution in [-0.4, -0.2) is 0 Å². The van der Waals surface area contributed by atoms with E-state index in [0.29, 0.717) is 0 Å². The van der Waals surface area contributed by atoms with Crippen molar-refractivity contribution in [1.82, 2.24) is 0 Å². The average Bonchev–Trinajstić information content (AvgIpc) is 3.04. The number of hydrogen-bond acceptors (Lipinski definition) is 0. The molecule has 0 saturated heterocycles. The fraction of sp³-hybridized carbons (Fsp3) is 0.194. The summed E-state index contributed by atoms with van der Waals surface area (Å²) in [5.41, 5.74) is 18.7. The Balaban J connectivity index is 1.66. The van der Waals surface area contributed by atoms with Gasteiger partial charge in [-0.3, -0.25) is 0 Å². The Bertz CT molecular complexity index is 1200. The van der Waals surface area contributed by atoms with E-state index in [1.165, 1.54) is 77.9 Å². The van der Waals surface area contributed by atoms with Crippen molar-refractivity contribution >= 4 is 0 Å². The van der Waals surface area contributed by atoms with E-state index in [0.717, 1.165) is 0 Å². The molecule has 0 atom stereocenters. The van der Waals surface area contributed by atoms with Gasteiger partial charge in [0.05, 0.1) is 0 Å². The van der Waals surface area contributed by atoms with Gasteiger partial charge in [0, 0.05) is 6.42 Å². The molecule has 31 heavy (non-hydrogen) atoms. The molecule has 0 saturated carbocycles. The Kier molecular flexibility index (Phi) is 4.63. The van der Waals surface area contributed by atoms with Crippen LogP contribution >= 0.6 is 0 Å². The van der Waals surface area contributed by atoms with Crippen molar-refractivity contribution in [2.45, 2.75) is 41.5 Å². The first-order valence-corrected chi connectivity index (χ1v) is 11.1. The van der Waals surface area contributed by atoms with Gasteiger partial charge in [0.15, 0.2) is 0 Å². The van der Waals surface area contributed by atoms with Crippen molar-refractivity contribution in [1.29, 1.82) is 0 Å². The summed E-state index contributed by atoms with van der Waals surface area (Å²) in [4.78, 5) is 0. The van der Waals surface area contributed by atoms with E-state index in [2.05, 4.69) is 109 Å². The number of fused-ring (bicyclic) bond motifs is 3. The van der Waals surface area contributed by atoms with Gasteiger partial charge in [0.1, 0.15) is 0 Å². The Labute approximate surface area is 186 Å².